The van der Waals surface area contributed by atoms with Crippen molar-refractivity contribution in [2.24, 2.45) is 0 Å². The minimum atomic E-state index is -3.41. The molecule has 0 aliphatic rings. The molecule has 0 aliphatic heterocycles. The molecule has 0 amide bonds. The number of nitrogens with one attached hydrogen (secondary N) is 3. The Kier molecular flexibility index (Phi) is 5.79. The highest BCUT2D eigenvalue weighted by molar-refractivity contribution is 7.92. The fourth-order valence-corrected chi connectivity index (χ4v) is 2.36. The molecule has 0 aliphatic carbocycles. The van der Waals surface area contributed by atoms with Crippen LogP contribution in [-0.2, 0) is 10.0 Å². The highest BCUT2D eigenvalue weighted by Crippen LogP contribution is 2.02. The first kappa shape index (κ1) is 14.7. The maximum Gasteiger partial charge on any atom is 0.264 e. The Morgan fingerprint density at radius 2 is 2.11 bits per heavy atom. The van der Waals surface area contributed by atoms with Gasteiger partial charge >= 0.3 is 0 Å². The Labute approximate surface area is 106 Å². The van der Waals surface area contributed by atoms with Gasteiger partial charge in [0.2, 0.25) is 10.0 Å². The van der Waals surface area contributed by atoms with Gasteiger partial charge in [-0.3, -0.25) is 9.52 Å². The van der Waals surface area contributed by atoms with Crippen molar-refractivity contribution < 1.29 is 8.42 Å². The molecule has 102 valence electrons. The van der Waals surface area contributed by atoms with Crippen LogP contribution in [0.2, 0.25) is 0 Å². The molecule has 0 bridgehead atoms. The van der Waals surface area contributed by atoms with Crippen LogP contribution in [0, 0.1) is 0 Å². The maximum absolute atomic E-state index is 11.6. The molecule has 3 N–H and O–H groups in total. The van der Waals surface area contributed by atoms with Gasteiger partial charge in [-0.2, -0.15) is 5.10 Å². The van der Waals surface area contributed by atoms with Gasteiger partial charge < -0.3 is 5.32 Å². The monoisotopic (exact) mass is 274 g/mol. The van der Waals surface area contributed by atoms with E-state index in [1.165, 1.54) is 12.1 Å². The third kappa shape index (κ3) is 5.78. The van der Waals surface area contributed by atoms with Crippen molar-refractivity contribution in [1.29, 1.82) is 0 Å². The molecular formula is C10H18N4O3S. The summed E-state index contributed by atoms with van der Waals surface area (Å²) in [6.07, 6.45) is 1.55. The van der Waals surface area contributed by atoms with Gasteiger partial charge in [0.15, 0.2) is 5.82 Å². The van der Waals surface area contributed by atoms with Gasteiger partial charge in [-0.1, -0.05) is 6.92 Å². The van der Waals surface area contributed by atoms with E-state index >= 15 is 0 Å². The van der Waals surface area contributed by atoms with E-state index in [0.29, 0.717) is 13.0 Å². The second-order valence-corrected chi connectivity index (χ2v) is 5.67. The quantitative estimate of drug-likeness (QED) is 0.574. The van der Waals surface area contributed by atoms with Gasteiger partial charge in [0.25, 0.3) is 5.56 Å². The zero-order chi connectivity index (χ0) is 13.4. The molecule has 0 spiro atoms. The number of rotatable bonds is 8. The van der Waals surface area contributed by atoms with Crippen molar-refractivity contribution in [1.82, 2.24) is 15.5 Å². The van der Waals surface area contributed by atoms with Crippen molar-refractivity contribution in [2.75, 3.05) is 23.6 Å². The SMILES string of the molecule is CCCNCCCS(=O)(=O)Nc1ccc(=O)[nH]n1. The summed E-state index contributed by atoms with van der Waals surface area (Å²) in [5.74, 6) is 0.140. The topological polar surface area (TPSA) is 104 Å². The summed E-state index contributed by atoms with van der Waals surface area (Å²) in [7, 11) is -3.41. The van der Waals surface area contributed by atoms with Gasteiger partial charge in [-0.15, -0.1) is 0 Å². The fourth-order valence-electron chi connectivity index (χ4n) is 1.30. The van der Waals surface area contributed by atoms with E-state index in [9.17, 15) is 13.2 Å². The number of nitrogens with zero attached hydrogens (tertiary/aromatic N) is 1. The number of hydrogen-bond acceptors (Lipinski definition) is 5. The van der Waals surface area contributed by atoms with Crippen LogP contribution in [0.3, 0.4) is 0 Å². The largest absolute Gasteiger partial charge is 0.317 e. The minimum absolute atomic E-state index is 0.0184. The number of H-pyrrole nitrogens is 1. The number of aromatic nitrogens is 2. The molecule has 7 nitrogen and oxygen atoms in total. The molecule has 0 unspecified atom stereocenters. The molecule has 1 aromatic heterocycles. The molecule has 0 atom stereocenters. The average Bonchev–Trinajstić information content (AvgIpc) is 2.31. The molecule has 0 saturated carbocycles. The molecule has 0 fully saturated rings. The summed E-state index contributed by atoms with van der Waals surface area (Å²) in [4.78, 5) is 10.8. The predicted octanol–water partition coefficient (Wildman–Crippen LogP) is -0.0987. The van der Waals surface area contributed by atoms with E-state index in [1.54, 1.807) is 0 Å². The smallest absolute Gasteiger partial charge is 0.264 e. The molecule has 0 saturated heterocycles. The first-order valence-corrected chi connectivity index (χ1v) is 7.45. The van der Waals surface area contributed by atoms with E-state index in [2.05, 4.69) is 20.2 Å². The highest BCUT2D eigenvalue weighted by atomic mass is 32.2. The standard InChI is InChI=1S/C10H18N4O3S/c1-2-6-11-7-3-8-18(16,17)14-9-4-5-10(15)13-12-9/h4-5,11H,2-3,6-8H2,1H3,(H,12,14)(H,13,15). The summed E-state index contributed by atoms with van der Waals surface area (Å²) in [5, 5.41) is 8.86. The molecule has 1 heterocycles. The summed E-state index contributed by atoms with van der Waals surface area (Å²) in [6, 6.07) is 2.54. The summed E-state index contributed by atoms with van der Waals surface area (Å²) in [6.45, 7) is 3.59. The highest BCUT2D eigenvalue weighted by Gasteiger charge is 2.10. The van der Waals surface area contributed by atoms with E-state index < -0.39 is 10.0 Å². The van der Waals surface area contributed by atoms with E-state index in [0.717, 1.165) is 13.0 Å². The van der Waals surface area contributed by atoms with Crippen LogP contribution in [0.5, 0.6) is 0 Å². The normalized spacial score (nSPS) is 11.4. The second-order valence-electron chi connectivity index (χ2n) is 3.83. The van der Waals surface area contributed by atoms with Crippen molar-refractivity contribution in [3.63, 3.8) is 0 Å². The second kappa shape index (κ2) is 7.12. The van der Waals surface area contributed by atoms with Crippen LogP contribution in [0.15, 0.2) is 16.9 Å². The first-order valence-electron chi connectivity index (χ1n) is 5.80. The van der Waals surface area contributed by atoms with Gasteiger partial charge in [-0.05, 0) is 32.0 Å². The van der Waals surface area contributed by atoms with Crippen molar-refractivity contribution >= 4 is 15.8 Å². The predicted molar refractivity (Wildman–Crippen MR) is 70.0 cm³/mol. The lowest BCUT2D eigenvalue weighted by Gasteiger charge is -2.06. The van der Waals surface area contributed by atoms with Crippen LogP contribution in [0.4, 0.5) is 5.82 Å². The summed E-state index contributed by atoms with van der Waals surface area (Å²) < 4.78 is 25.6. The molecule has 1 rings (SSSR count). The van der Waals surface area contributed by atoms with E-state index in [-0.39, 0.29) is 17.1 Å². The summed E-state index contributed by atoms with van der Waals surface area (Å²) in [5.41, 5.74) is -0.373. The number of sulfonamides is 1. The molecule has 0 aromatic carbocycles. The third-order valence-electron chi connectivity index (χ3n) is 2.13. The maximum atomic E-state index is 11.6. The minimum Gasteiger partial charge on any atom is -0.317 e. The van der Waals surface area contributed by atoms with Crippen LogP contribution >= 0.6 is 0 Å². The molecular weight excluding hydrogens is 256 g/mol. The number of hydrogen-bond donors (Lipinski definition) is 3. The Morgan fingerprint density at radius 3 is 2.72 bits per heavy atom. The van der Waals surface area contributed by atoms with Crippen LogP contribution in [0.1, 0.15) is 19.8 Å². The van der Waals surface area contributed by atoms with Crippen LogP contribution in [0.25, 0.3) is 0 Å². The lowest BCUT2D eigenvalue weighted by molar-refractivity contribution is 0.593. The van der Waals surface area contributed by atoms with Gasteiger partial charge in [0, 0.05) is 6.07 Å². The Balaban J connectivity index is 2.40. The lowest BCUT2D eigenvalue weighted by atomic mass is 10.4. The Bertz CT molecular complexity index is 492. The van der Waals surface area contributed by atoms with Gasteiger partial charge in [0.05, 0.1) is 5.75 Å². The Hall–Kier alpha value is -1.41. The van der Waals surface area contributed by atoms with Crippen molar-refractivity contribution in [3.05, 3.63) is 22.5 Å². The molecule has 1 aromatic rings. The molecule has 0 radical (unpaired) electrons. The first-order chi connectivity index (χ1) is 8.53. The van der Waals surface area contributed by atoms with Crippen molar-refractivity contribution in [2.45, 2.75) is 19.8 Å². The molecule has 8 heteroatoms. The third-order valence-corrected chi connectivity index (χ3v) is 3.48. The Morgan fingerprint density at radius 1 is 1.33 bits per heavy atom. The zero-order valence-corrected chi connectivity index (χ0v) is 11.1. The lowest BCUT2D eigenvalue weighted by Crippen LogP contribution is -2.23. The van der Waals surface area contributed by atoms with E-state index in [4.69, 9.17) is 0 Å². The zero-order valence-electron chi connectivity index (χ0n) is 10.3. The van der Waals surface area contributed by atoms with Gasteiger partial charge in [-0.25, -0.2) is 13.5 Å². The van der Waals surface area contributed by atoms with Gasteiger partial charge in [0.1, 0.15) is 0 Å². The van der Waals surface area contributed by atoms with Crippen LogP contribution < -0.4 is 15.6 Å². The average molecular weight is 274 g/mol. The summed E-state index contributed by atoms with van der Waals surface area (Å²) >= 11 is 0. The fraction of sp³-hybridized carbons (Fsp3) is 0.600. The molecule has 18 heavy (non-hydrogen) atoms. The number of anilines is 1. The number of aromatic amines is 1. The van der Waals surface area contributed by atoms with Crippen LogP contribution in [-0.4, -0.2) is 37.5 Å². The van der Waals surface area contributed by atoms with Crippen molar-refractivity contribution in [3.8, 4) is 0 Å². The van der Waals surface area contributed by atoms with E-state index in [1.807, 2.05) is 6.92 Å².